The molecule has 0 aliphatic rings. The first-order valence-electron chi connectivity index (χ1n) is 8.72. The van der Waals surface area contributed by atoms with Crippen LogP contribution in [0.2, 0.25) is 0 Å². The summed E-state index contributed by atoms with van der Waals surface area (Å²) in [6.07, 6.45) is -5.42. The minimum Gasteiger partial charge on any atom is -0.251 e. The number of hydrogen-bond donors (Lipinski definition) is 0. The normalized spacial score (nSPS) is 11.7. The van der Waals surface area contributed by atoms with Crippen LogP contribution in [0.25, 0.3) is 33.2 Å². The van der Waals surface area contributed by atoms with Crippen LogP contribution in [0.15, 0.2) is 83.3 Å². The lowest BCUT2D eigenvalue weighted by atomic mass is 9.92. The van der Waals surface area contributed by atoms with E-state index in [4.69, 9.17) is 0 Å². The van der Waals surface area contributed by atoms with Crippen molar-refractivity contribution in [3.8, 4) is 22.4 Å². The van der Waals surface area contributed by atoms with Gasteiger partial charge in [-0.2, -0.15) is 13.2 Å². The highest BCUT2D eigenvalue weighted by Crippen LogP contribution is 2.40. The zero-order chi connectivity index (χ0) is 19.7. The van der Waals surface area contributed by atoms with E-state index in [2.05, 4.69) is 20.9 Å². The molecule has 0 saturated carbocycles. The molecule has 1 nitrogen and oxygen atoms in total. The monoisotopic (exact) mass is 441 g/mol. The molecule has 1 aromatic heterocycles. The van der Waals surface area contributed by atoms with Gasteiger partial charge in [-0.3, -0.25) is 4.98 Å². The zero-order valence-corrected chi connectivity index (χ0v) is 16.3. The Balaban J connectivity index is 2.11. The van der Waals surface area contributed by atoms with E-state index in [-0.39, 0.29) is 5.69 Å². The smallest absolute Gasteiger partial charge is 0.251 e. The Kier molecular flexibility index (Phi) is 4.94. The van der Waals surface area contributed by atoms with Gasteiger partial charge in [0.05, 0.1) is 17.8 Å². The van der Waals surface area contributed by atoms with Gasteiger partial charge in [0.25, 0.3) is 0 Å². The zero-order valence-electron chi connectivity index (χ0n) is 14.7. The highest BCUT2D eigenvalue weighted by Gasteiger charge is 2.30. The topological polar surface area (TPSA) is 12.9 Å². The third-order valence-corrected chi connectivity index (χ3v) is 5.02. The molecule has 0 spiro atoms. The Labute approximate surface area is 169 Å². The van der Waals surface area contributed by atoms with Crippen LogP contribution < -0.4 is 0 Å². The van der Waals surface area contributed by atoms with Gasteiger partial charge in [-0.25, -0.2) is 0 Å². The Morgan fingerprint density at radius 2 is 1.36 bits per heavy atom. The Morgan fingerprint density at radius 3 is 1.96 bits per heavy atom. The van der Waals surface area contributed by atoms with Crippen LogP contribution in [0.4, 0.5) is 13.2 Å². The number of hydrogen-bond acceptors (Lipinski definition) is 1. The van der Waals surface area contributed by atoms with Gasteiger partial charge >= 0.3 is 6.18 Å². The molecule has 0 N–H and O–H groups in total. The van der Waals surface area contributed by atoms with Crippen LogP contribution in [0.3, 0.4) is 0 Å². The van der Waals surface area contributed by atoms with E-state index in [0.29, 0.717) is 11.1 Å². The molecule has 4 rings (SSSR count). The predicted molar refractivity (Wildman–Crippen MR) is 110 cm³/mol. The van der Waals surface area contributed by atoms with Crippen molar-refractivity contribution in [1.82, 2.24) is 4.98 Å². The fourth-order valence-corrected chi connectivity index (χ4v) is 3.74. The molecule has 3 aromatic carbocycles. The van der Waals surface area contributed by atoms with Crippen LogP contribution in [-0.2, 0) is 6.42 Å². The van der Waals surface area contributed by atoms with E-state index in [1.807, 2.05) is 72.8 Å². The highest BCUT2D eigenvalue weighted by atomic mass is 79.9. The van der Waals surface area contributed by atoms with Crippen molar-refractivity contribution >= 4 is 26.7 Å². The molecule has 0 saturated heterocycles. The largest absolute Gasteiger partial charge is 0.394 e. The van der Waals surface area contributed by atoms with Crippen molar-refractivity contribution in [3.05, 3.63) is 89.0 Å². The van der Waals surface area contributed by atoms with Gasteiger partial charge in [0.15, 0.2) is 0 Å². The number of alkyl halides is 3. The number of rotatable bonds is 3. The van der Waals surface area contributed by atoms with Crippen molar-refractivity contribution in [2.75, 3.05) is 0 Å². The third kappa shape index (κ3) is 3.80. The van der Waals surface area contributed by atoms with Gasteiger partial charge in [0, 0.05) is 21.0 Å². The lowest BCUT2D eigenvalue weighted by Gasteiger charge is -2.18. The molecule has 5 heteroatoms. The molecule has 140 valence electrons. The molecule has 0 fully saturated rings. The number of halogens is 4. The summed E-state index contributed by atoms with van der Waals surface area (Å²) < 4.78 is 40.5. The van der Waals surface area contributed by atoms with Crippen LogP contribution in [0.5, 0.6) is 0 Å². The van der Waals surface area contributed by atoms with Gasteiger partial charge in [0.2, 0.25) is 0 Å². The molecular weight excluding hydrogens is 427 g/mol. The standard InChI is InChI=1S/C23H15BrF3N/c24-17-11-12-18-19(13-17)20(14-23(25,26)27)28-22(16-9-5-2-6-10-16)21(18)15-7-3-1-4-8-15/h1-13H,14H2. The molecule has 0 unspecified atom stereocenters. The van der Waals surface area contributed by atoms with Crippen molar-refractivity contribution < 1.29 is 13.2 Å². The average Bonchev–Trinajstić information content (AvgIpc) is 2.68. The minimum atomic E-state index is -4.34. The van der Waals surface area contributed by atoms with E-state index >= 15 is 0 Å². The SMILES string of the molecule is FC(F)(F)Cc1nc(-c2ccccc2)c(-c2ccccc2)c2ccc(Br)cc12. The van der Waals surface area contributed by atoms with Crippen molar-refractivity contribution in [2.45, 2.75) is 12.6 Å². The fourth-order valence-electron chi connectivity index (χ4n) is 3.38. The summed E-state index contributed by atoms with van der Waals surface area (Å²) in [5.41, 5.74) is 3.12. The summed E-state index contributed by atoms with van der Waals surface area (Å²) in [5, 5.41) is 1.26. The van der Waals surface area contributed by atoms with Crippen LogP contribution in [0, 0.1) is 0 Å². The predicted octanol–water partition coefficient (Wildman–Crippen LogP) is 7.44. The van der Waals surface area contributed by atoms with E-state index in [9.17, 15) is 13.2 Å². The molecule has 0 amide bonds. The van der Waals surface area contributed by atoms with Crippen molar-refractivity contribution in [1.29, 1.82) is 0 Å². The molecule has 0 bridgehead atoms. The summed E-state index contributed by atoms with van der Waals surface area (Å²) in [6.45, 7) is 0. The van der Waals surface area contributed by atoms with Gasteiger partial charge in [-0.05, 0) is 23.1 Å². The van der Waals surface area contributed by atoms with Gasteiger partial charge < -0.3 is 0 Å². The lowest BCUT2D eigenvalue weighted by Crippen LogP contribution is -2.14. The maximum atomic E-state index is 13.3. The second kappa shape index (κ2) is 7.40. The summed E-state index contributed by atoms with van der Waals surface area (Å²) >= 11 is 3.38. The molecular formula is C23H15BrF3N. The molecule has 0 aliphatic heterocycles. The minimum absolute atomic E-state index is 0.0299. The second-order valence-electron chi connectivity index (χ2n) is 6.50. The van der Waals surface area contributed by atoms with E-state index in [1.165, 1.54) is 0 Å². The molecule has 0 aliphatic carbocycles. The van der Waals surface area contributed by atoms with Crippen molar-refractivity contribution in [2.24, 2.45) is 0 Å². The van der Waals surface area contributed by atoms with Gasteiger partial charge in [0.1, 0.15) is 0 Å². The summed E-state index contributed by atoms with van der Waals surface area (Å²) in [5.74, 6) is 0. The van der Waals surface area contributed by atoms with Gasteiger partial charge in [-0.15, -0.1) is 0 Å². The Bertz CT molecular complexity index is 1120. The number of nitrogens with zero attached hydrogens (tertiary/aromatic N) is 1. The first-order valence-corrected chi connectivity index (χ1v) is 9.51. The first kappa shape index (κ1) is 18.7. The lowest BCUT2D eigenvalue weighted by molar-refractivity contribution is -0.127. The first-order chi connectivity index (χ1) is 13.4. The third-order valence-electron chi connectivity index (χ3n) is 4.52. The molecule has 0 radical (unpaired) electrons. The molecule has 28 heavy (non-hydrogen) atoms. The highest BCUT2D eigenvalue weighted by molar-refractivity contribution is 9.10. The van der Waals surface area contributed by atoms with Crippen molar-refractivity contribution in [3.63, 3.8) is 0 Å². The van der Waals surface area contributed by atoms with Gasteiger partial charge in [-0.1, -0.05) is 82.7 Å². The number of pyridine rings is 1. The van der Waals surface area contributed by atoms with E-state index < -0.39 is 12.6 Å². The van der Waals surface area contributed by atoms with E-state index in [1.54, 1.807) is 6.07 Å². The van der Waals surface area contributed by atoms with Crippen LogP contribution >= 0.6 is 15.9 Å². The Hall–Kier alpha value is -2.66. The number of fused-ring (bicyclic) bond motifs is 1. The summed E-state index contributed by atoms with van der Waals surface area (Å²) in [4.78, 5) is 4.53. The maximum Gasteiger partial charge on any atom is 0.394 e. The summed E-state index contributed by atoms with van der Waals surface area (Å²) in [7, 11) is 0. The Morgan fingerprint density at radius 1 is 0.750 bits per heavy atom. The van der Waals surface area contributed by atoms with Crippen LogP contribution in [-0.4, -0.2) is 11.2 Å². The maximum absolute atomic E-state index is 13.3. The number of aromatic nitrogens is 1. The average molecular weight is 442 g/mol. The molecule has 4 aromatic rings. The van der Waals surface area contributed by atoms with E-state index in [0.717, 1.165) is 26.5 Å². The quantitative estimate of drug-likeness (QED) is 0.322. The number of benzene rings is 3. The second-order valence-corrected chi connectivity index (χ2v) is 7.41. The summed E-state index contributed by atoms with van der Waals surface area (Å²) in [6, 6.07) is 24.4. The fraction of sp³-hybridized carbons (Fsp3) is 0.0870. The molecule has 0 atom stereocenters. The molecule has 1 heterocycles. The van der Waals surface area contributed by atoms with Crippen LogP contribution in [0.1, 0.15) is 5.69 Å².